The van der Waals surface area contributed by atoms with Crippen molar-refractivity contribution in [1.29, 1.82) is 0 Å². The van der Waals surface area contributed by atoms with Gasteiger partial charge in [-0.2, -0.15) is 0 Å². The Kier molecular flexibility index (Phi) is 9.13. The maximum Gasteiger partial charge on any atom is 0.225 e. The molecule has 206 valence electrons. The maximum absolute atomic E-state index is 12.4. The fourth-order valence-corrected chi connectivity index (χ4v) is 6.39. The molecule has 0 radical (unpaired) electrons. The highest BCUT2D eigenvalue weighted by atomic mass is 32.2. The highest BCUT2D eigenvalue weighted by Crippen LogP contribution is 2.34. The number of carbonyl (C=O) groups is 1. The van der Waals surface area contributed by atoms with Crippen molar-refractivity contribution in [1.82, 2.24) is 18.8 Å². The Labute approximate surface area is 228 Å². The summed E-state index contributed by atoms with van der Waals surface area (Å²) in [5.74, 6) is 2.55. The van der Waals surface area contributed by atoms with Crippen LogP contribution in [0.1, 0.15) is 72.5 Å². The Morgan fingerprint density at radius 2 is 1.76 bits per heavy atom. The molecule has 2 aromatic rings. The van der Waals surface area contributed by atoms with Crippen molar-refractivity contribution < 1.29 is 9.53 Å². The molecular formula is C29H47N5O2S. The lowest BCUT2D eigenvalue weighted by molar-refractivity contribution is -0.133. The van der Waals surface area contributed by atoms with E-state index in [1.165, 1.54) is 24.2 Å². The molecule has 3 fully saturated rings. The van der Waals surface area contributed by atoms with Gasteiger partial charge < -0.3 is 18.5 Å². The number of benzene rings is 1. The number of hydrogen-bond acceptors (Lipinski definition) is 6. The maximum atomic E-state index is 12.4. The largest absolute Gasteiger partial charge is 0.381 e. The first kappa shape index (κ1) is 28.2. The third kappa shape index (κ3) is 6.82. The second-order valence-corrected chi connectivity index (χ2v) is 13.1. The first-order valence-electron chi connectivity index (χ1n) is 13.8. The lowest BCUT2D eigenvalue weighted by atomic mass is 9.93. The van der Waals surface area contributed by atoms with E-state index in [9.17, 15) is 4.79 Å². The predicted octanol–water partition coefficient (Wildman–Crippen LogP) is 5.73. The molecule has 37 heavy (non-hydrogen) atoms. The van der Waals surface area contributed by atoms with Crippen molar-refractivity contribution in [2.24, 2.45) is 11.8 Å². The van der Waals surface area contributed by atoms with E-state index in [1.54, 1.807) is 12.1 Å². The summed E-state index contributed by atoms with van der Waals surface area (Å²) in [6, 6.07) is 6.74. The van der Waals surface area contributed by atoms with Crippen molar-refractivity contribution >= 4 is 34.8 Å². The van der Waals surface area contributed by atoms with Crippen LogP contribution >= 0.6 is 12.1 Å². The number of piperazine rings is 1. The number of amides is 1. The predicted molar refractivity (Wildman–Crippen MR) is 155 cm³/mol. The highest BCUT2D eigenvalue weighted by molar-refractivity contribution is 7.98. The molecule has 8 heteroatoms. The van der Waals surface area contributed by atoms with Crippen LogP contribution in [0.2, 0.25) is 0 Å². The Bertz CT molecular complexity index is 1040. The molecule has 1 aliphatic carbocycles. The number of rotatable bonds is 6. The molecule has 5 rings (SSSR count). The number of anilines is 1. The van der Waals surface area contributed by atoms with Crippen molar-refractivity contribution in [3.8, 4) is 0 Å². The first-order valence-corrected chi connectivity index (χ1v) is 14.6. The molecule has 1 saturated carbocycles. The molecule has 1 aromatic carbocycles. The van der Waals surface area contributed by atoms with Gasteiger partial charge in [-0.3, -0.25) is 4.79 Å². The van der Waals surface area contributed by atoms with Gasteiger partial charge in [0, 0.05) is 76.5 Å². The lowest BCUT2D eigenvalue weighted by Gasteiger charge is -2.35. The standard InChI is InChI=1S/C28H43N5O2S.CH4/c1-28(2,3)27-29-24-19-23(11-12-25(24)33(27)20-21-7-5-17-35-18-6-8-21)30(4)36-32-15-13-31(14-16-32)26(34)22-9-10-22;/h11-12,19,21-22H,5-10,13-18,20H2,1-4H3;1H4. The number of imidazole rings is 1. The normalized spacial score (nSPS) is 20.4. The van der Waals surface area contributed by atoms with Crippen LogP contribution in [-0.4, -0.2) is 71.1 Å². The van der Waals surface area contributed by atoms with Crippen LogP contribution in [0.15, 0.2) is 18.2 Å². The summed E-state index contributed by atoms with van der Waals surface area (Å²) >= 11 is 1.75. The highest BCUT2D eigenvalue weighted by Gasteiger charge is 2.35. The van der Waals surface area contributed by atoms with E-state index >= 15 is 0 Å². The second kappa shape index (κ2) is 12.0. The summed E-state index contributed by atoms with van der Waals surface area (Å²) in [5, 5.41) is 0. The molecular weight excluding hydrogens is 482 g/mol. The van der Waals surface area contributed by atoms with Crippen LogP contribution in [0, 0.1) is 11.8 Å². The van der Waals surface area contributed by atoms with Gasteiger partial charge in [-0.15, -0.1) is 0 Å². The number of hydrogen-bond donors (Lipinski definition) is 0. The van der Waals surface area contributed by atoms with E-state index in [1.807, 2.05) is 0 Å². The first-order chi connectivity index (χ1) is 17.3. The van der Waals surface area contributed by atoms with Gasteiger partial charge in [-0.1, -0.05) is 28.2 Å². The minimum Gasteiger partial charge on any atom is -0.381 e. The average molecular weight is 530 g/mol. The van der Waals surface area contributed by atoms with Crippen LogP contribution in [-0.2, 0) is 21.5 Å². The van der Waals surface area contributed by atoms with E-state index in [0.29, 0.717) is 17.7 Å². The van der Waals surface area contributed by atoms with E-state index < -0.39 is 0 Å². The third-order valence-electron chi connectivity index (χ3n) is 7.72. The molecule has 1 amide bonds. The van der Waals surface area contributed by atoms with Crippen LogP contribution in [0.5, 0.6) is 0 Å². The van der Waals surface area contributed by atoms with E-state index in [0.717, 1.165) is 82.8 Å². The molecule has 1 aromatic heterocycles. The SMILES string of the molecule is C.CN(SN1CCN(C(=O)C2CC2)CC1)c1ccc2c(c1)nc(C(C)(C)C)n2CC1CCCOCCC1. The van der Waals surface area contributed by atoms with Crippen molar-refractivity contribution in [2.75, 3.05) is 50.7 Å². The Morgan fingerprint density at radius 1 is 1.08 bits per heavy atom. The van der Waals surface area contributed by atoms with Crippen molar-refractivity contribution in [2.45, 2.75) is 78.7 Å². The van der Waals surface area contributed by atoms with Crippen LogP contribution in [0.25, 0.3) is 11.0 Å². The molecule has 0 unspecified atom stereocenters. The van der Waals surface area contributed by atoms with E-state index in [2.05, 4.69) is 64.1 Å². The zero-order chi connectivity index (χ0) is 25.3. The Morgan fingerprint density at radius 3 is 2.38 bits per heavy atom. The van der Waals surface area contributed by atoms with Crippen molar-refractivity contribution in [3.05, 3.63) is 24.0 Å². The fraction of sp³-hybridized carbons (Fsp3) is 0.724. The summed E-state index contributed by atoms with van der Waals surface area (Å²) in [6.45, 7) is 13.1. The van der Waals surface area contributed by atoms with Gasteiger partial charge in [0.05, 0.1) is 16.7 Å². The summed E-state index contributed by atoms with van der Waals surface area (Å²) in [7, 11) is 2.13. The molecule has 0 N–H and O–H groups in total. The number of carbonyl (C=O) groups excluding carboxylic acids is 1. The average Bonchev–Trinajstić information content (AvgIpc) is 3.61. The monoisotopic (exact) mass is 529 g/mol. The zero-order valence-corrected chi connectivity index (χ0v) is 23.4. The van der Waals surface area contributed by atoms with Crippen LogP contribution in [0.3, 0.4) is 0 Å². The number of nitrogens with zero attached hydrogens (tertiary/aromatic N) is 5. The van der Waals surface area contributed by atoms with Gasteiger partial charge in [-0.25, -0.2) is 9.29 Å². The Balaban J connectivity index is 0.00000320. The van der Waals surface area contributed by atoms with Gasteiger partial charge >= 0.3 is 0 Å². The number of fused-ring (bicyclic) bond motifs is 1. The van der Waals surface area contributed by atoms with Crippen molar-refractivity contribution in [3.63, 3.8) is 0 Å². The molecule has 2 aliphatic heterocycles. The molecule has 7 nitrogen and oxygen atoms in total. The van der Waals surface area contributed by atoms with Gasteiger partial charge in [0.1, 0.15) is 5.82 Å². The minimum atomic E-state index is -0.0118. The summed E-state index contributed by atoms with van der Waals surface area (Å²) in [4.78, 5) is 19.6. The summed E-state index contributed by atoms with van der Waals surface area (Å²) in [5.41, 5.74) is 3.48. The Hall–Kier alpha value is -1.77. The van der Waals surface area contributed by atoms with E-state index in [4.69, 9.17) is 9.72 Å². The quantitative estimate of drug-likeness (QED) is 0.446. The molecule has 3 heterocycles. The molecule has 0 atom stereocenters. The molecule has 3 aliphatic rings. The van der Waals surface area contributed by atoms with Gasteiger partial charge in [0.25, 0.3) is 0 Å². The molecule has 2 saturated heterocycles. The summed E-state index contributed by atoms with van der Waals surface area (Å²) < 4.78 is 12.8. The van der Waals surface area contributed by atoms with Gasteiger partial charge in [0.2, 0.25) is 5.91 Å². The topological polar surface area (TPSA) is 53.8 Å². The zero-order valence-electron chi connectivity index (χ0n) is 22.5. The second-order valence-electron chi connectivity index (χ2n) is 11.8. The minimum absolute atomic E-state index is 0. The lowest BCUT2D eigenvalue weighted by Crippen LogP contribution is -2.47. The van der Waals surface area contributed by atoms with E-state index in [-0.39, 0.29) is 12.8 Å². The molecule has 0 spiro atoms. The van der Waals surface area contributed by atoms with Gasteiger partial charge in [0.15, 0.2) is 0 Å². The summed E-state index contributed by atoms with van der Waals surface area (Å²) in [6.07, 6.45) is 6.91. The smallest absolute Gasteiger partial charge is 0.225 e. The fourth-order valence-electron chi connectivity index (χ4n) is 5.51. The molecule has 0 bridgehead atoms. The third-order valence-corrected chi connectivity index (χ3v) is 8.78. The van der Waals surface area contributed by atoms with Gasteiger partial charge in [-0.05, 0) is 62.6 Å². The van der Waals surface area contributed by atoms with Crippen LogP contribution < -0.4 is 4.31 Å². The number of aromatic nitrogens is 2. The number of ether oxygens (including phenoxy) is 1. The van der Waals surface area contributed by atoms with Crippen LogP contribution in [0.4, 0.5) is 5.69 Å².